The zero-order chi connectivity index (χ0) is 26.2. The van der Waals surface area contributed by atoms with E-state index in [1.54, 1.807) is 36.3 Å². The molecule has 38 heavy (non-hydrogen) atoms. The van der Waals surface area contributed by atoms with Crippen molar-refractivity contribution in [3.05, 3.63) is 99.3 Å². The molecule has 9 heteroatoms. The van der Waals surface area contributed by atoms with Crippen LogP contribution in [0.2, 0.25) is 0 Å². The number of methoxy groups -OCH3 is 1. The van der Waals surface area contributed by atoms with Gasteiger partial charge in [-0.2, -0.15) is 5.10 Å². The quantitative estimate of drug-likeness (QED) is 0.426. The van der Waals surface area contributed by atoms with Crippen LogP contribution in [0.5, 0.6) is 5.88 Å². The van der Waals surface area contributed by atoms with Crippen LogP contribution < -0.4 is 10.3 Å². The van der Waals surface area contributed by atoms with Crippen molar-refractivity contribution < 1.29 is 13.9 Å². The Morgan fingerprint density at radius 2 is 1.79 bits per heavy atom. The smallest absolute Gasteiger partial charge is 0.272 e. The lowest BCUT2D eigenvalue weighted by atomic mass is 10.0. The Morgan fingerprint density at radius 1 is 1.03 bits per heavy atom. The number of pyridine rings is 1. The molecule has 4 heterocycles. The first-order valence-corrected chi connectivity index (χ1v) is 12.7. The number of H-pyrrole nitrogens is 1. The number of aromatic nitrogens is 3. The second-order valence-electron chi connectivity index (χ2n) is 10.1. The molecule has 6 rings (SSSR count). The van der Waals surface area contributed by atoms with Crippen molar-refractivity contribution in [2.45, 2.75) is 13.0 Å². The first kappa shape index (κ1) is 24.2. The van der Waals surface area contributed by atoms with E-state index in [0.29, 0.717) is 48.3 Å². The number of carbonyl (C=O) groups is 1. The average molecular weight is 514 g/mol. The van der Waals surface area contributed by atoms with E-state index in [0.717, 1.165) is 36.3 Å². The molecule has 0 bridgehead atoms. The summed E-state index contributed by atoms with van der Waals surface area (Å²) in [4.78, 5) is 34.2. The number of hydrogen-bond donors (Lipinski definition) is 1. The molecule has 2 unspecified atom stereocenters. The number of rotatable bonds is 6. The van der Waals surface area contributed by atoms with Crippen molar-refractivity contribution >= 4 is 16.7 Å². The number of benzene rings is 2. The van der Waals surface area contributed by atoms with Crippen molar-refractivity contribution in [2.75, 3.05) is 33.3 Å². The van der Waals surface area contributed by atoms with Gasteiger partial charge in [0, 0.05) is 50.6 Å². The van der Waals surface area contributed by atoms with Gasteiger partial charge in [0.15, 0.2) is 0 Å². The summed E-state index contributed by atoms with van der Waals surface area (Å²) in [6.45, 7) is 3.71. The van der Waals surface area contributed by atoms with E-state index in [4.69, 9.17) is 4.74 Å². The van der Waals surface area contributed by atoms with Crippen LogP contribution in [-0.2, 0) is 13.0 Å². The van der Waals surface area contributed by atoms with E-state index in [1.807, 2.05) is 30.3 Å². The van der Waals surface area contributed by atoms with Crippen LogP contribution in [0.15, 0.2) is 65.5 Å². The molecule has 0 aliphatic carbocycles. The van der Waals surface area contributed by atoms with Gasteiger partial charge in [-0.15, -0.1) is 0 Å². The monoisotopic (exact) mass is 513 g/mol. The van der Waals surface area contributed by atoms with E-state index in [9.17, 15) is 14.0 Å². The first-order chi connectivity index (χ1) is 18.5. The van der Waals surface area contributed by atoms with Gasteiger partial charge in [0.25, 0.3) is 11.5 Å². The summed E-state index contributed by atoms with van der Waals surface area (Å²) in [7, 11) is 1.61. The van der Waals surface area contributed by atoms with Gasteiger partial charge in [-0.3, -0.25) is 14.5 Å². The maximum atomic E-state index is 14.8. The van der Waals surface area contributed by atoms with Gasteiger partial charge in [-0.05, 0) is 41.7 Å². The number of nitrogens with one attached hydrogen (secondary N) is 1. The Bertz CT molecular complexity index is 1560. The number of nitrogens with zero attached hydrogens (tertiary/aromatic N) is 4. The number of aromatic amines is 1. The Hall–Kier alpha value is -4.11. The summed E-state index contributed by atoms with van der Waals surface area (Å²) >= 11 is 0. The molecule has 4 aromatic rings. The molecular formula is C29H28FN5O3. The lowest BCUT2D eigenvalue weighted by Crippen LogP contribution is -2.33. The molecule has 0 radical (unpaired) electrons. The third-order valence-electron chi connectivity index (χ3n) is 7.63. The Morgan fingerprint density at radius 3 is 2.55 bits per heavy atom. The maximum Gasteiger partial charge on any atom is 0.272 e. The molecule has 2 aromatic heterocycles. The van der Waals surface area contributed by atoms with Crippen LogP contribution in [0.3, 0.4) is 0 Å². The second kappa shape index (κ2) is 9.98. The number of fused-ring (bicyclic) bond motifs is 2. The average Bonchev–Trinajstić information content (AvgIpc) is 3.50. The molecule has 1 N–H and O–H groups in total. The van der Waals surface area contributed by atoms with Crippen molar-refractivity contribution in [2.24, 2.45) is 11.8 Å². The highest BCUT2D eigenvalue weighted by molar-refractivity contribution is 5.95. The number of carbonyl (C=O) groups excluding carboxylic acids is 1. The molecule has 2 saturated heterocycles. The van der Waals surface area contributed by atoms with E-state index in [2.05, 4.69) is 20.1 Å². The number of amides is 1. The number of ether oxygens (including phenoxy) is 1. The highest BCUT2D eigenvalue weighted by atomic mass is 19.1. The lowest BCUT2D eigenvalue weighted by molar-refractivity contribution is 0.0768. The zero-order valence-corrected chi connectivity index (χ0v) is 21.1. The van der Waals surface area contributed by atoms with Crippen molar-refractivity contribution in [1.29, 1.82) is 0 Å². The highest BCUT2D eigenvalue weighted by Gasteiger charge is 2.42. The molecule has 0 saturated carbocycles. The molecule has 2 aliphatic rings. The van der Waals surface area contributed by atoms with Crippen LogP contribution in [0.1, 0.15) is 27.3 Å². The zero-order valence-electron chi connectivity index (χ0n) is 21.1. The molecule has 2 aromatic carbocycles. The van der Waals surface area contributed by atoms with E-state index >= 15 is 0 Å². The largest absolute Gasteiger partial charge is 0.481 e. The summed E-state index contributed by atoms with van der Waals surface area (Å²) in [6.07, 6.45) is 0.371. The summed E-state index contributed by atoms with van der Waals surface area (Å²) < 4.78 is 20.1. The van der Waals surface area contributed by atoms with Crippen LogP contribution in [0, 0.1) is 17.7 Å². The lowest BCUT2D eigenvalue weighted by Gasteiger charge is -2.22. The maximum absolute atomic E-state index is 14.8. The van der Waals surface area contributed by atoms with Crippen LogP contribution in [-0.4, -0.2) is 64.2 Å². The number of hydrogen-bond acceptors (Lipinski definition) is 6. The second-order valence-corrected chi connectivity index (χ2v) is 10.1. The Labute approximate surface area is 219 Å². The van der Waals surface area contributed by atoms with Crippen LogP contribution in [0.25, 0.3) is 10.8 Å². The topological polar surface area (TPSA) is 91.4 Å². The normalized spacial score (nSPS) is 19.2. The molecule has 1 amide bonds. The molecule has 2 fully saturated rings. The summed E-state index contributed by atoms with van der Waals surface area (Å²) in [5.74, 6) is 0.507. The molecule has 0 spiro atoms. The fourth-order valence-electron chi connectivity index (χ4n) is 5.79. The Kier molecular flexibility index (Phi) is 6.37. The highest BCUT2D eigenvalue weighted by Crippen LogP contribution is 2.33. The van der Waals surface area contributed by atoms with Crippen molar-refractivity contribution in [1.82, 2.24) is 25.0 Å². The summed E-state index contributed by atoms with van der Waals surface area (Å²) in [6, 6.07) is 17.6. The fraction of sp³-hybridized carbons (Fsp3) is 0.310. The molecular weight excluding hydrogens is 485 g/mol. The van der Waals surface area contributed by atoms with Gasteiger partial charge in [-0.1, -0.05) is 30.3 Å². The van der Waals surface area contributed by atoms with E-state index < -0.39 is 5.82 Å². The number of halogens is 1. The standard InChI is InChI=1S/C29H28FN5O3/c1-38-27-8-4-5-21(31-27)17-34-13-19-15-35(16-20(19)14-34)29(37)24-11-18(9-10-25(24)30)12-26-22-6-2-3-7-23(22)28(36)33-32-26/h2-11,19-20H,12-17H2,1H3,(H,33,36). The van der Waals surface area contributed by atoms with Gasteiger partial charge < -0.3 is 9.64 Å². The third kappa shape index (κ3) is 4.65. The van der Waals surface area contributed by atoms with Crippen LogP contribution in [0.4, 0.5) is 4.39 Å². The number of likely N-dealkylation sites (tertiary alicyclic amines) is 2. The SMILES string of the molecule is COc1cccc(CN2CC3CN(C(=O)c4cc(Cc5n[nH]c(=O)c6ccccc56)ccc4F)CC3C2)n1. The predicted octanol–water partition coefficient (Wildman–Crippen LogP) is 3.26. The van der Waals surface area contributed by atoms with Crippen molar-refractivity contribution in [3.63, 3.8) is 0 Å². The molecule has 2 atom stereocenters. The minimum absolute atomic E-state index is 0.0774. The van der Waals surface area contributed by atoms with Gasteiger partial charge in [0.1, 0.15) is 5.82 Å². The first-order valence-electron chi connectivity index (χ1n) is 12.7. The predicted molar refractivity (Wildman–Crippen MR) is 141 cm³/mol. The third-order valence-corrected chi connectivity index (χ3v) is 7.63. The minimum atomic E-state index is -0.527. The summed E-state index contributed by atoms with van der Waals surface area (Å²) in [5.41, 5.74) is 2.22. The molecule has 194 valence electrons. The Balaban J connectivity index is 1.14. The van der Waals surface area contributed by atoms with Crippen molar-refractivity contribution in [3.8, 4) is 5.88 Å². The van der Waals surface area contributed by atoms with Gasteiger partial charge >= 0.3 is 0 Å². The van der Waals surface area contributed by atoms with Gasteiger partial charge in [0.05, 0.1) is 29.4 Å². The fourth-order valence-corrected chi connectivity index (χ4v) is 5.79. The molecule has 2 aliphatic heterocycles. The molecule has 8 nitrogen and oxygen atoms in total. The van der Waals surface area contributed by atoms with E-state index in [1.165, 1.54) is 6.07 Å². The van der Waals surface area contributed by atoms with Crippen LogP contribution >= 0.6 is 0 Å². The van der Waals surface area contributed by atoms with Gasteiger partial charge in [0.2, 0.25) is 5.88 Å². The van der Waals surface area contributed by atoms with Gasteiger partial charge in [-0.25, -0.2) is 14.5 Å². The minimum Gasteiger partial charge on any atom is -0.481 e. The van der Waals surface area contributed by atoms with E-state index in [-0.39, 0.29) is 17.0 Å². The summed E-state index contributed by atoms with van der Waals surface area (Å²) in [5, 5.41) is 8.05.